The molecule has 1 aromatic rings. The van der Waals surface area contributed by atoms with Gasteiger partial charge in [-0.2, -0.15) is 13.2 Å². The Bertz CT molecular complexity index is 449. The second-order valence-electron chi connectivity index (χ2n) is 3.28. The number of Topliss-reactive ketones (excluding diaryl/α,β-unsaturated/α-hetero) is 1. The second kappa shape index (κ2) is 4.38. The third kappa shape index (κ3) is 2.78. The third-order valence-electron chi connectivity index (χ3n) is 2.04. The summed E-state index contributed by atoms with van der Waals surface area (Å²) in [6.07, 6.45) is -8.34. The van der Waals surface area contributed by atoms with Gasteiger partial charge in [-0.25, -0.2) is 13.2 Å². The maximum absolute atomic E-state index is 13.3. The molecule has 0 fully saturated rings. The highest BCUT2D eigenvalue weighted by Crippen LogP contribution is 2.34. The van der Waals surface area contributed by atoms with Gasteiger partial charge in [0.15, 0.2) is 5.78 Å². The van der Waals surface area contributed by atoms with Crippen molar-refractivity contribution in [2.45, 2.75) is 19.5 Å². The van der Waals surface area contributed by atoms with Crippen LogP contribution in [0.5, 0.6) is 0 Å². The van der Waals surface area contributed by atoms with E-state index in [2.05, 4.69) is 0 Å². The summed E-state index contributed by atoms with van der Waals surface area (Å²) in [6, 6.07) is 0.232. The summed E-state index contributed by atoms with van der Waals surface area (Å²) in [4.78, 5) is 10.9. The molecule has 0 spiro atoms. The number of alkyl halides is 5. The minimum Gasteiger partial charge on any atom is -0.294 e. The summed E-state index contributed by atoms with van der Waals surface area (Å²) in [5.74, 6) is -2.66. The number of halogens is 6. The summed E-state index contributed by atoms with van der Waals surface area (Å²) >= 11 is 0. The van der Waals surface area contributed by atoms with Gasteiger partial charge in [-0.3, -0.25) is 4.79 Å². The Morgan fingerprint density at radius 1 is 1.24 bits per heavy atom. The Balaban J connectivity index is 3.53. The molecule has 0 unspecified atom stereocenters. The molecule has 0 aliphatic carbocycles. The zero-order valence-electron chi connectivity index (χ0n) is 8.41. The van der Waals surface area contributed by atoms with Gasteiger partial charge in [0.1, 0.15) is 5.82 Å². The van der Waals surface area contributed by atoms with E-state index >= 15 is 0 Å². The van der Waals surface area contributed by atoms with Crippen LogP contribution < -0.4 is 0 Å². The van der Waals surface area contributed by atoms with Crippen molar-refractivity contribution >= 4 is 5.78 Å². The van der Waals surface area contributed by atoms with E-state index in [1.165, 1.54) is 0 Å². The molecular weight excluding hydrogens is 250 g/mol. The predicted molar refractivity (Wildman–Crippen MR) is 46.4 cm³/mol. The molecule has 0 N–H and O–H groups in total. The average Bonchev–Trinajstić information content (AvgIpc) is 2.14. The van der Waals surface area contributed by atoms with Crippen LogP contribution in [-0.2, 0) is 6.18 Å². The molecule has 0 atom stereocenters. The fourth-order valence-electron chi connectivity index (χ4n) is 1.23. The van der Waals surface area contributed by atoms with Crippen molar-refractivity contribution in [3.63, 3.8) is 0 Å². The number of rotatable bonds is 2. The SMILES string of the molecule is CC(=O)c1cc(C(F)(F)F)cc(C(F)F)c1F. The second-order valence-corrected chi connectivity index (χ2v) is 3.28. The van der Waals surface area contributed by atoms with E-state index < -0.39 is 40.9 Å². The van der Waals surface area contributed by atoms with Crippen LogP contribution in [-0.4, -0.2) is 5.78 Å². The number of benzene rings is 1. The minimum absolute atomic E-state index is 0.00639. The Kier molecular flexibility index (Phi) is 3.49. The highest BCUT2D eigenvalue weighted by atomic mass is 19.4. The zero-order chi connectivity index (χ0) is 13.4. The molecule has 0 aromatic heterocycles. The molecule has 0 saturated heterocycles. The molecule has 0 radical (unpaired) electrons. The Labute approximate surface area is 92.0 Å². The van der Waals surface area contributed by atoms with E-state index in [1.807, 2.05) is 0 Å². The summed E-state index contributed by atoms with van der Waals surface area (Å²) < 4.78 is 74.9. The first kappa shape index (κ1) is 13.5. The highest BCUT2D eigenvalue weighted by Gasteiger charge is 2.34. The van der Waals surface area contributed by atoms with Crippen molar-refractivity contribution in [1.82, 2.24) is 0 Å². The van der Waals surface area contributed by atoms with Crippen LogP contribution in [0.1, 0.15) is 34.8 Å². The van der Waals surface area contributed by atoms with Gasteiger partial charge in [0.2, 0.25) is 0 Å². The Morgan fingerprint density at radius 3 is 2.12 bits per heavy atom. The van der Waals surface area contributed by atoms with Crippen LogP contribution in [0.4, 0.5) is 26.3 Å². The van der Waals surface area contributed by atoms with Crippen LogP contribution >= 0.6 is 0 Å². The summed E-state index contributed by atoms with van der Waals surface area (Å²) in [7, 11) is 0. The zero-order valence-corrected chi connectivity index (χ0v) is 8.41. The van der Waals surface area contributed by atoms with Crippen LogP contribution in [0.2, 0.25) is 0 Å². The lowest BCUT2D eigenvalue weighted by Crippen LogP contribution is -2.11. The topological polar surface area (TPSA) is 17.1 Å². The number of hydrogen-bond donors (Lipinski definition) is 0. The van der Waals surface area contributed by atoms with E-state index in [0.29, 0.717) is 0 Å². The van der Waals surface area contributed by atoms with Gasteiger partial charge in [-0.1, -0.05) is 0 Å². The van der Waals surface area contributed by atoms with Gasteiger partial charge in [0.05, 0.1) is 16.7 Å². The molecule has 1 aromatic carbocycles. The van der Waals surface area contributed by atoms with Crippen molar-refractivity contribution < 1.29 is 31.1 Å². The predicted octanol–water partition coefficient (Wildman–Crippen LogP) is 3.98. The molecule has 0 heterocycles. The van der Waals surface area contributed by atoms with Gasteiger partial charge in [-0.05, 0) is 19.1 Å². The molecule has 1 rings (SSSR count). The maximum atomic E-state index is 13.3. The van der Waals surface area contributed by atoms with Crippen LogP contribution in [0.15, 0.2) is 12.1 Å². The lowest BCUT2D eigenvalue weighted by Gasteiger charge is -2.12. The smallest absolute Gasteiger partial charge is 0.294 e. The van der Waals surface area contributed by atoms with E-state index in [4.69, 9.17) is 0 Å². The lowest BCUT2D eigenvalue weighted by molar-refractivity contribution is -0.137. The largest absolute Gasteiger partial charge is 0.416 e. The standard InChI is InChI=1S/C10H6F6O/c1-4(17)6-2-5(10(14,15)16)3-7(8(6)11)9(12)13/h2-3,9H,1H3. The fourth-order valence-corrected chi connectivity index (χ4v) is 1.23. The average molecular weight is 256 g/mol. The van der Waals surface area contributed by atoms with Crippen molar-refractivity contribution in [3.05, 3.63) is 34.6 Å². The molecule has 0 saturated carbocycles. The number of carbonyl (C=O) groups is 1. The quantitative estimate of drug-likeness (QED) is 0.577. The van der Waals surface area contributed by atoms with Crippen LogP contribution in [0.25, 0.3) is 0 Å². The number of hydrogen-bond acceptors (Lipinski definition) is 1. The minimum atomic E-state index is -4.92. The van der Waals surface area contributed by atoms with E-state index in [0.717, 1.165) is 6.92 Å². The van der Waals surface area contributed by atoms with E-state index in [1.54, 1.807) is 0 Å². The van der Waals surface area contributed by atoms with Gasteiger partial charge in [-0.15, -0.1) is 0 Å². The fraction of sp³-hybridized carbons (Fsp3) is 0.300. The molecule has 0 aliphatic rings. The monoisotopic (exact) mass is 256 g/mol. The maximum Gasteiger partial charge on any atom is 0.416 e. The molecule has 1 nitrogen and oxygen atoms in total. The van der Waals surface area contributed by atoms with Gasteiger partial charge < -0.3 is 0 Å². The third-order valence-corrected chi connectivity index (χ3v) is 2.04. The molecule has 0 amide bonds. The van der Waals surface area contributed by atoms with Crippen molar-refractivity contribution in [3.8, 4) is 0 Å². The molecule has 94 valence electrons. The first-order valence-electron chi connectivity index (χ1n) is 4.34. The first-order chi connectivity index (χ1) is 7.64. The van der Waals surface area contributed by atoms with E-state index in [9.17, 15) is 31.1 Å². The van der Waals surface area contributed by atoms with Gasteiger partial charge >= 0.3 is 6.18 Å². The van der Waals surface area contributed by atoms with E-state index in [-0.39, 0.29) is 12.1 Å². The highest BCUT2D eigenvalue weighted by molar-refractivity contribution is 5.94. The number of carbonyl (C=O) groups excluding carboxylic acids is 1. The van der Waals surface area contributed by atoms with Gasteiger partial charge in [0, 0.05) is 0 Å². The molecule has 17 heavy (non-hydrogen) atoms. The lowest BCUT2D eigenvalue weighted by atomic mass is 10.0. The Hall–Kier alpha value is -1.53. The van der Waals surface area contributed by atoms with Crippen molar-refractivity contribution in [2.75, 3.05) is 0 Å². The summed E-state index contributed by atoms with van der Waals surface area (Å²) in [5.41, 5.74) is -3.89. The van der Waals surface area contributed by atoms with Crippen molar-refractivity contribution in [1.29, 1.82) is 0 Å². The first-order valence-corrected chi connectivity index (χ1v) is 4.34. The van der Waals surface area contributed by atoms with Gasteiger partial charge in [0.25, 0.3) is 6.43 Å². The summed E-state index contributed by atoms with van der Waals surface area (Å²) in [6.45, 7) is 0.799. The number of ketones is 1. The Morgan fingerprint density at radius 2 is 1.76 bits per heavy atom. The molecule has 7 heteroatoms. The summed E-state index contributed by atoms with van der Waals surface area (Å²) in [5, 5.41) is 0. The van der Waals surface area contributed by atoms with Crippen LogP contribution in [0, 0.1) is 5.82 Å². The van der Waals surface area contributed by atoms with Crippen LogP contribution in [0.3, 0.4) is 0 Å². The van der Waals surface area contributed by atoms with Crippen molar-refractivity contribution in [2.24, 2.45) is 0 Å². The molecular formula is C10H6F6O. The molecule has 0 aliphatic heterocycles. The normalized spacial score (nSPS) is 12.0. The molecule has 0 bridgehead atoms.